The third-order valence-corrected chi connectivity index (χ3v) is 3.92. The van der Waals surface area contributed by atoms with Crippen molar-refractivity contribution in [3.63, 3.8) is 0 Å². The van der Waals surface area contributed by atoms with Crippen molar-refractivity contribution in [1.82, 2.24) is 9.55 Å². The van der Waals surface area contributed by atoms with E-state index in [-0.39, 0.29) is 6.54 Å². The van der Waals surface area contributed by atoms with Crippen molar-refractivity contribution < 1.29 is 23.1 Å². The van der Waals surface area contributed by atoms with Crippen molar-refractivity contribution in [2.45, 2.75) is 12.7 Å². The lowest BCUT2D eigenvalue weighted by molar-refractivity contribution is -0.137. The lowest BCUT2D eigenvalue weighted by atomic mass is 10.1. The van der Waals surface area contributed by atoms with Gasteiger partial charge in [0.25, 0.3) is 0 Å². The van der Waals surface area contributed by atoms with E-state index in [0.29, 0.717) is 22.2 Å². The smallest absolute Gasteiger partial charge is 0.416 e. The SMILES string of the molecule is N#C/C(=C\c1cn(Cc2cccc(C(F)(F)F)c2)c2ncccc12)C(=O)O. The van der Waals surface area contributed by atoms with Crippen LogP contribution in [0.25, 0.3) is 17.1 Å². The molecular weight excluding hydrogens is 359 g/mol. The predicted molar refractivity (Wildman–Crippen MR) is 91.5 cm³/mol. The zero-order chi connectivity index (χ0) is 19.6. The number of nitriles is 1. The van der Waals surface area contributed by atoms with Crippen LogP contribution in [0.4, 0.5) is 13.2 Å². The molecule has 3 rings (SSSR count). The van der Waals surface area contributed by atoms with Gasteiger partial charge in [0.15, 0.2) is 0 Å². The van der Waals surface area contributed by atoms with Gasteiger partial charge < -0.3 is 9.67 Å². The molecule has 27 heavy (non-hydrogen) atoms. The van der Waals surface area contributed by atoms with Gasteiger partial charge in [-0.15, -0.1) is 0 Å². The van der Waals surface area contributed by atoms with Gasteiger partial charge in [0.05, 0.1) is 5.56 Å². The minimum Gasteiger partial charge on any atom is -0.477 e. The van der Waals surface area contributed by atoms with Gasteiger partial charge in [-0.25, -0.2) is 9.78 Å². The highest BCUT2D eigenvalue weighted by Gasteiger charge is 2.30. The summed E-state index contributed by atoms with van der Waals surface area (Å²) in [7, 11) is 0. The van der Waals surface area contributed by atoms with Crippen LogP contribution < -0.4 is 0 Å². The highest BCUT2D eigenvalue weighted by atomic mass is 19.4. The molecule has 0 radical (unpaired) electrons. The van der Waals surface area contributed by atoms with Crippen LogP contribution in [0.5, 0.6) is 0 Å². The summed E-state index contributed by atoms with van der Waals surface area (Å²) in [6.45, 7) is 0.111. The first-order chi connectivity index (χ1) is 12.8. The van der Waals surface area contributed by atoms with Crippen LogP contribution in [-0.2, 0) is 17.5 Å². The summed E-state index contributed by atoms with van der Waals surface area (Å²) in [5.74, 6) is -1.36. The predicted octanol–water partition coefficient (Wildman–Crippen LogP) is 4.09. The Morgan fingerprint density at radius 1 is 1.30 bits per heavy atom. The quantitative estimate of drug-likeness (QED) is 0.553. The van der Waals surface area contributed by atoms with Gasteiger partial charge >= 0.3 is 12.1 Å². The van der Waals surface area contributed by atoms with E-state index in [1.165, 1.54) is 18.3 Å². The van der Waals surface area contributed by atoms with Gasteiger partial charge in [0.2, 0.25) is 0 Å². The number of pyridine rings is 1. The monoisotopic (exact) mass is 371 g/mol. The van der Waals surface area contributed by atoms with Crippen molar-refractivity contribution in [2.75, 3.05) is 0 Å². The first kappa shape index (κ1) is 18.2. The molecule has 0 unspecified atom stereocenters. The maximum atomic E-state index is 12.9. The highest BCUT2D eigenvalue weighted by molar-refractivity contribution is 5.99. The molecular formula is C19H12F3N3O2. The van der Waals surface area contributed by atoms with E-state index in [0.717, 1.165) is 12.1 Å². The average Bonchev–Trinajstić information content (AvgIpc) is 2.96. The van der Waals surface area contributed by atoms with E-state index in [9.17, 15) is 18.0 Å². The maximum absolute atomic E-state index is 12.9. The zero-order valence-corrected chi connectivity index (χ0v) is 13.7. The molecule has 5 nitrogen and oxygen atoms in total. The summed E-state index contributed by atoms with van der Waals surface area (Å²) in [6, 6.07) is 9.91. The van der Waals surface area contributed by atoms with Crippen LogP contribution in [0, 0.1) is 11.3 Å². The number of aromatic nitrogens is 2. The van der Waals surface area contributed by atoms with E-state index in [2.05, 4.69) is 4.98 Å². The van der Waals surface area contributed by atoms with Crippen LogP contribution >= 0.6 is 0 Å². The summed E-state index contributed by atoms with van der Waals surface area (Å²) in [5, 5.41) is 18.6. The van der Waals surface area contributed by atoms with Crippen LogP contribution in [0.1, 0.15) is 16.7 Å². The minimum absolute atomic E-state index is 0.111. The van der Waals surface area contributed by atoms with Crippen LogP contribution in [0.2, 0.25) is 0 Å². The topological polar surface area (TPSA) is 78.9 Å². The summed E-state index contributed by atoms with van der Waals surface area (Å²) >= 11 is 0. The number of nitrogens with zero attached hydrogens (tertiary/aromatic N) is 3. The Balaban J connectivity index is 2.07. The molecule has 136 valence electrons. The van der Waals surface area contributed by atoms with E-state index in [1.807, 2.05) is 0 Å². The van der Waals surface area contributed by atoms with Crippen LogP contribution in [-0.4, -0.2) is 20.6 Å². The third kappa shape index (κ3) is 3.82. The molecule has 0 saturated carbocycles. The molecule has 8 heteroatoms. The summed E-state index contributed by atoms with van der Waals surface area (Å²) < 4.78 is 40.3. The fraction of sp³-hybridized carbons (Fsp3) is 0.105. The van der Waals surface area contributed by atoms with Gasteiger partial charge in [-0.1, -0.05) is 12.1 Å². The van der Waals surface area contributed by atoms with Gasteiger partial charge in [0, 0.05) is 29.9 Å². The molecule has 3 aromatic rings. The fourth-order valence-electron chi connectivity index (χ4n) is 2.73. The lowest BCUT2D eigenvalue weighted by Crippen LogP contribution is -2.06. The molecule has 1 N–H and O–H groups in total. The number of carboxylic acids is 1. The standard InChI is InChI=1S/C19H12F3N3O2/c20-19(21,22)15-4-1-3-12(7-15)10-25-11-14(8-13(9-23)18(26)27)16-5-2-6-24-17(16)25/h1-8,11H,10H2,(H,26,27)/b13-8+. The van der Waals surface area contributed by atoms with Crippen molar-refractivity contribution >= 4 is 23.1 Å². The largest absolute Gasteiger partial charge is 0.477 e. The molecule has 2 heterocycles. The molecule has 0 aliphatic rings. The number of carbonyl (C=O) groups is 1. The van der Waals surface area contributed by atoms with Gasteiger partial charge in [-0.3, -0.25) is 0 Å². The van der Waals surface area contributed by atoms with E-state index in [4.69, 9.17) is 10.4 Å². The highest BCUT2D eigenvalue weighted by Crippen LogP contribution is 2.30. The van der Waals surface area contributed by atoms with E-state index in [1.54, 1.807) is 35.0 Å². The second kappa shape index (κ2) is 6.96. The Kier molecular flexibility index (Phi) is 4.69. The zero-order valence-electron chi connectivity index (χ0n) is 13.7. The molecule has 0 aliphatic carbocycles. The minimum atomic E-state index is -4.44. The number of alkyl halides is 3. The number of carboxylic acid groups (broad SMARTS) is 1. The molecule has 0 spiro atoms. The number of rotatable bonds is 4. The Hall–Kier alpha value is -3.60. The molecule has 0 saturated heterocycles. The number of halogens is 3. The summed E-state index contributed by atoms with van der Waals surface area (Å²) in [4.78, 5) is 15.3. The number of benzene rings is 1. The van der Waals surface area contributed by atoms with E-state index >= 15 is 0 Å². The summed E-state index contributed by atoms with van der Waals surface area (Å²) in [5.41, 5.74) is 0.147. The van der Waals surface area contributed by atoms with Crippen LogP contribution in [0.15, 0.2) is 54.4 Å². The van der Waals surface area contributed by atoms with Crippen molar-refractivity contribution in [3.05, 3.63) is 71.1 Å². The number of hydrogen-bond acceptors (Lipinski definition) is 3. The van der Waals surface area contributed by atoms with Crippen molar-refractivity contribution in [3.8, 4) is 6.07 Å². The fourth-order valence-corrected chi connectivity index (χ4v) is 2.73. The Morgan fingerprint density at radius 2 is 2.07 bits per heavy atom. The molecule has 0 aliphatic heterocycles. The number of fused-ring (bicyclic) bond motifs is 1. The second-order valence-electron chi connectivity index (χ2n) is 5.76. The third-order valence-electron chi connectivity index (χ3n) is 3.92. The molecule has 0 atom stereocenters. The number of hydrogen-bond donors (Lipinski definition) is 1. The average molecular weight is 371 g/mol. The molecule has 0 amide bonds. The van der Waals surface area contributed by atoms with Gasteiger partial charge in [-0.2, -0.15) is 18.4 Å². The van der Waals surface area contributed by atoms with Crippen LogP contribution in [0.3, 0.4) is 0 Å². The van der Waals surface area contributed by atoms with Gasteiger partial charge in [-0.05, 0) is 35.9 Å². The molecule has 2 aromatic heterocycles. The van der Waals surface area contributed by atoms with E-state index < -0.39 is 23.3 Å². The van der Waals surface area contributed by atoms with Crippen molar-refractivity contribution in [2.24, 2.45) is 0 Å². The normalized spacial score (nSPS) is 12.1. The Labute approximate surface area is 151 Å². The van der Waals surface area contributed by atoms with Crippen molar-refractivity contribution in [1.29, 1.82) is 5.26 Å². The molecule has 0 fully saturated rings. The second-order valence-corrected chi connectivity index (χ2v) is 5.76. The summed E-state index contributed by atoms with van der Waals surface area (Å²) in [6.07, 6.45) is -0.127. The maximum Gasteiger partial charge on any atom is 0.416 e. The molecule has 1 aromatic carbocycles. The number of aliphatic carboxylic acids is 1. The Bertz CT molecular complexity index is 1090. The first-order valence-corrected chi connectivity index (χ1v) is 7.74. The lowest BCUT2D eigenvalue weighted by Gasteiger charge is -2.09. The Morgan fingerprint density at radius 3 is 2.74 bits per heavy atom. The molecule has 0 bridgehead atoms. The first-order valence-electron chi connectivity index (χ1n) is 7.74. The van der Waals surface area contributed by atoms with Gasteiger partial charge in [0.1, 0.15) is 17.3 Å².